The Morgan fingerprint density at radius 2 is 1.73 bits per heavy atom. The molecule has 2 N–H and O–H groups in total. The van der Waals surface area contributed by atoms with Crippen molar-refractivity contribution in [3.05, 3.63) is 59.7 Å². The lowest BCUT2D eigenvalue weighted by Crippen LogP contribution is -2.43. The topological polar surface area (TPSA) is 64.7 Å². The van der Waals surface area contributed by atoms with Crippen LogP contribution in [0.25, 0.3) is 0 Å². The average Bonchev–Trinajstić information content (AvgIpc) is 3.15. The molecular formula is C24H30N4O2. The number of likely N-dealkylation sites (N-methyl/N-ethyl adjacent to an activating group) is 1. The van der Waals surface area contributed by atoms with Crippen molar-refractivity contribution >= 4 is 23.2 Å². The maximum Gasteiger partial charge on any atom is 0.313 e. The molecule has 2 aliphatic rings. The second-order valence-corrected chi connectivity index (χ2v) is 8.20. The Labute approximate surface area is 178 Å². The molecular weight excluding hydrogens is 376 g/mol. The fourth-order valence-corrected chi connectivity index (χ4v) is 4.46. The second-order valence-electron chi connectivity index (χ2n) is 8.20. The van der Waals surface area contributed by atoms with Gasteiger partial charge in [0, 0.05) is 31.5 Å². The third-order valence-electron chi connectivity index (χ3n) is 6.14. The van der Waals surface area contributed by atoms with E-state index in [1.54, 1.807) is 12.1 Å². The van der Waals surface area contributed by atoms with Gasteiger partial charge in [-0.3, -0.25) is 14.5 Å². The third kappa shape index (κ3) is 4.65. The maximum atomic E-state index is 12.4. The smallest absolute Gasteiger partial charge is 0.313 e. The lowest BCUT2D eigenvalue weighted by molar-refractivity contribution is -0.136. The van der Waals surface area contributed by atoms with E-state index in [-0.39, 0.29) is 6.04 Å². The van der Waals surface area contributed by atoms with Crippen molar-refractivity contribution in [1.82, 2.24) is 10.2 Å². The van der Waals surface area contributed by atoms with E-state index < -0.39 is 11.8 Å². The molecule has 0 spiro atoms. The zero-order valence-electron chi connectivity index (χ0n) is 17.6. The van der Waals surface area contributed by atoms with E-state index in [2.05, 4.69) is 45.7 Å². The number of likely N-dealkylation sites (tertiary alicyclic amines) is 1. The number of piperidine rings is 1. The van der Waals surface area contributed by atoms with Crippen LogP contribution in [0.1, 0.15) is 36.4 Å². The third-order valence-corrected chi connectivity index (χ3v) is 6.14. The van der Waals surface area contributed by atoms with Gasteiger partial charge in [-0.05, 0) is 61.7 Å². The van der Waals surface area contributed by atoms with Crippen molar-refractivity contribution < 1.29 is 9.59 Å². The summed E-state index contributed by atoms with van der Waals surface area (Å²) in [7, 11) is 2.12. The molecule has 0 unspecified atom stereocenters. The van der Waals surface area contributed by atoms with Gasteiger partial charge in [0.15, 0.2) is 0 Å². The van der Waals surface area contributed by atoms with Gasteiger partial charge in [-0.2, -0.15) is 0 Å². The highest BCUT2D eigenvalue weighted by Gasteiger charge is 2.26. The van der Waals surface area contributed by atoms with Crippen LogP contribution in [0.15, 0.2) is 48.5 Å². The van der Waals surface area contributed by atoms with Gasteiger partial charge in [0.25, 0.3) is 0 Å². The molecule has 2 aromatic carbocycles. The molecule has 0 saturated carbocycles. The minimum absolute atomic E-state index is 0.0787. The average molecular weight is 407 g/mol. The highest BCUT2D eigenvalue weighted by Crippen LogP contribution is 2.32. The number of anilines is 2. The highest BCUT2D eigenvalue weighted by atomic mass is 16.2. The van der Waals surface area contributed by atoms with Crippen LogP contribution in [0.3, 0.4) is 0 Å². The van der Waals surface area contributed by atoms with Crippen LogP contribution >= 0.6 is 0 Å². The van der Waals surface area contributed by atoms with Crippen molar-refractivity contribution in [1.29, 1.82) is 0 Å². The van der Waals surface area contributed by atoms with Gasteiger partial charge in [0.05, 0.1) is 6.04 Å². The Morgan fingerprint density at radius 1 is 0.967 bits per heavy atom. The van der Waals surface area contributed by atoms with E-state index in [4.69, 9.17) is 0 Å². The predicted octanol–water partition coefficient (Wildman–Crippen LogP) is 2.96. The second kappa shape index (κ2) is 9.30. The van der Waals surface area contributed by atoms with E-state index in [0.29, 0.717) is 12.2 Å². The summed E-state index contributed by atoms with van der Waals surface area (Å²) in [5, 5.41) is 5.53. The number of carbonyl (C=O) groups excluding carboxylic acids is 2. The first-order valence-corrected chi connectivity index (χ1v) is 10.8. The van der Waals surface area contributed by atoms with Crippen molar-refractivity contribution in [2.45, 2.75) is 31.7 Å². The number of fused-ring (bicyclic) bond motifs is 1. The summed E-state index contributed by atoms with van der Waals surface area (Å²) in [4.78, 5) is 29.5. The number of nitrogens with one attached hydrogen (secondary N) is 2. The lowest BCUT2D eigenvalue weighted by Gasteiger charge is -2.35. The molecule has 6 nitrogen and oxygen atoms in total. The summed E-state index contributed by atoms with van der Waals surface area (Å²) in [6.07, 6.45) is 4.65. The van der Waals surface area contributed by atoms with Crippen LogP contribution in [-0.4, -0.2) is 49.9 Å². The standard InChI is InChI=1S/C24H30N4O2/c1-27-15-12-19-16-18(10-11-21(19)27)22(28-13-6-3-7-14-28)17-25-23(29)24(30)26-20-8-4-2-5-9-20/h2,4-5,8-11,16,22H,3,6-7,12-15,17H2,1H3,(H,25,29)(H,26,30)/t22-/m1/s1. The molecule has 2 heterocycles. The van der Waals surface area contributed by atoms with Crippen molar-refractivity contribution in [3.63, 3.8) is 0 Å². The zero-order valence-corrected chi connectivity index (χ0v) is 17.6. The summed E-state index contributed by atoms with van der Waals surface area (Å²) in [6.45, 7) is 3.51. The first-order valence-electron chi connectivity index (χ1n) is 10.8. The van der Waals surface area contributed by atoms with Crippen molar-refractivity contribution in [2.24, 2.45) is 0 Å². The molecule has 1 saturated heterocycles. The predicted molar refractivity (Wildman–Crippen MR) is 120 cm³/mol. The Kier molecular flexibility index (Phi) is 6.33. The van der Waals surface area contributed by atoms with Crippen LogP contribution < -0.4 is 15.5 Å². The maximum absolute atomic E-state index is 12.4. The molecule has 2 aliphatic heterocycles. The van der Waals surface area contributed by atoms with E-state index in [0.717, 1.165) is 26.1 Å². The minimum Gasteiger partial charge on any atom is -0.374 e. The minimum atomic E-state index is -0.630. The largest absolute Gasteiger partial charge is 0.374 e. The van der Waals surface area contributed by atoms with Gasteiger partial charge in [-0.25, -0.2) is 0 Å². The molecule has 0 radical (unpaired) electrons. The number of hydrogen-bond acceptors (Lipinski definition) is 4. The first kappa shape index (κ1) is 20.4. The first-order chi connectivity index (χ1) is 14.6. The van der Waals surface area contributed by atoms with Crippen LogP contribution in [0, 0.1) is 0 Å². The summed E-state index contributed by atoms with van der Waals surface area (Å²) < 4.78 is 0. The molecule has 2 amide bonds. The van der Waals surface area contributed by atoms with Crippen LogP contribution in [0.5, 0.6) is 0 Å². The van der Waals surface area contributed by atoms with E-state index in [9.17, 15) is 9.59 Å². The van der Waals surface area contributed by atoms with Crippen molar-refractivity contribution in [3.8, 4) is 0 Å². The van der Waals surface area contributed by atoms with Gasteiger partial charge in [-0.1, -0.05) is 36.8 Å². The van der Waals surface area contributed by atoms with E-state index >= 15 is 0 Å². The van der Waals surface area contributed by atoms with Gasteiger partial charge in [0.2, 0.25) is 0 Å². The van der Waals surface area contributed by atoms with Gasteiger partial charge < -0.3 is 15.5 Å². The fourth-order valence-electron chi connectivity index (χ4n) is 4.46. The number of amides is 2. The Bertz CT molecular complexity index is 893. The van der Waals surface area contributed by atoms with Gasteiger partial charge in [-0.15, -0.1) is 0 Å². The number of benzene rings is 2. The summed E-state index contributed by atoms with van der Waals surface area (Å²) >= 11 is 0. The van der Waals surface area contributed by atoms with Crippen LogP contribution in [-0.2, 0) is 16.0 Å². The molecule has 0 aliphatic carbocycles. The Morgan fingerprint density at radius 3 is 2.50 bits per heavy atom. The van der Waals surface area contributed by atoms with Crippen LogP contribution in [0.2, 0.25) is 0 Å². The number of rotatable bonds is 5. The van der Waals surface area contributed by atoms with E-state index in [1.807, 2.05) is 18.2 Å². The van der Waals surface area contributed by atoms with Gasteiger partial charge >= 0.3 is 11.8 Å². The zero-order chi connectivity index (χ0) is 20.9. The molecule has 158 valence electrons. The van der Waals surface area contributed by atoms with Gasteiger partial charge in [0.1, 0.15) is 0 Å². The molecule has 1 fully saturated rings. The Balaban J connectivity index is 1.45. The number of nitrogens with zero attached hydrogens (tertiary/aromatic N) is 2. The lowest BCUT2D eigenvalue weighted by atomic mass is 9.98. The molecule has 4 rings (SSSR count). The summed E-state index contributed by atoms with van der Waals surface area (Å²) in [5.41, 5.74) is 4.50. The summed E-state index contributed by atoms with van der Waals surface area (Å²) in [5.74, 6) is -1.23. The summed E-state index contributed by atoms with van der Waals surface area (Å²) in [6, 6.07) is 15.8. The van der Waals surface area contributed by atoms with Crippen LogP contribution in [0.4, 0.5) is 11.4 Å². The fraction of sp³-hybridized carbons (Fsp3) is 0.417. The normalized spacial score (nSPS) is 17.3. The van der Waals surface area contributed by atoms with Crippen molar-refractivity contribution in [2.75, 3.05) is 43.4 Å². The molecule has 0 aromatic heterocycles. The van der Waals surface area contributed by atoms with E-state index in [1.165, 1.54) is 36.1 Å². The monoisotopic (exact) mass is 406 g/mol. The highest BCUT2D eigenvalue weighted by molar-refractivity contribution is 6.39. The number of para-hydroxylation sites is 1. The molecule has 30 heavy (non-hydrogen) atoms. The number of carbonyl (C=O) groups is 2. The quantitative estimate of drug-likeness (QED) is 0.750. The SMILES string of the molecule is CN1CCc2cc([C@@H](CNC(=O)C(=O)Nc3ccccc3)N3CCCCC3)ccc21. The molecule has 2 aromatic rings. The Hall–Kier alpha value is -2.86. The molecule has 1 atom stereocenters. The number of hydrogen-bond donors (Lipinski definition) is 2. The molecule has 0 bridgehead atoms. The molecule has 6 heteroatoms.